The lowest BCUT2D eigenvalue weighted by molar-refractivity contribution is -0.0680. The Morgan fingerprint density at radius 3 is 2.76 bits per heavy atom. The van der Waals surface area contributed by atoms with Crippen molar-refractivity contribution in [1.82, 2.24) is 9.80 Å². The van der Waals surface area contributed by atoms with Gasteiger partial charge >= 0.3 is 14.3 Å². The molecular formula is C10H17N3O7P+. The van der Waals surface area contributed by atoms with Crippen molar-refractivity contribution in [3.05, 3.63) is 12.3 Å². The summed E-state index contributed by atoms with van der Waals surface area (Å²) in [6, 6.07) is -0.504. The van der Waals surface area contributed by atoms with E-state index in [1.165, 1.54) is 24.2 Å². The van der Waals surface area contributed by atoms with Crippen molar-refractivity contribution in [2.24, 2.45) is 5.73 Å². The molecule has 0 saturated carbocycles. The van der Waals surface area contributed by atoms with Gasteiger partial charge in [-0.1, -0.05) is 0 Å². The van der Waals surface area contributed by atoms with Gasteiger partial charge in [0, 0.05) is 17.8 Å². The van der Waals surface area contributed by atoms with Gasteiger partial charge in [0.25, 0.3) is 0 Å². The van der Waals surface area contributed by atoms with E-state index in [0.29, 0.717) is 0 Å². The zero-order valence-electron chi connectivity index (χ0n) is 11.1. The van der Waals surface area contributed by atoms with E-state index < -0.39 is 45.0 Å². The Balaban J connectivity index is 2.09. The summed E-state index contributed by atoms with van der Waals surface area (Å²) in [5, 5.41) is 19.8. The molecule has 0 bridgehead atoms. The SMILES string of the molecule is CN1C(=O)N(C2OC(CO[P+](=O)O)C(O)C2O)C=CC1N. The number of ether oxygens (including phenoxy) is 1. The summed E-state index contributed by atoms with van der Waals surface area (Å²) in [4.78, 5) is 23.0. The van der Waals surface area contributed by atoms with Gasteiger partial charge in [-0.3, -0.25) is 4.90 Å². The topological polar surface area (TPSA) is 146 Å². The molecule has 118 valence electrons. The average Bonchev–Trinajstić information content (AvgIpc) is 2.71. The Kier molecular flexibility index (Phi) is 4.89. The predicted molar refractivity (Wildman–Crippen MR) is 68.6 cm³/mol. The highest BCUT2D eigenvalue weighted by Crippen LogP contribution is 2.28. The number of hydrogen-bond acceptors (Lipinski definition) is 7. The largest absolute Gasteiger partial charge is 0.694 e. The van der Waals surface area contributed by atoms with E-state index in [-0.39, 0.29) is 6.61 Å². The number of amides is 2. The van der Waals surface area contributed by atoms with E-state index >= 15 is 0 Å². The Morgan fingerprint density at radius 1 is 1.48 bits per heavy atom. The second kappa shape index (κ2) is 6.32. The fraction of sp³-hybridized carbons (Fsp3) is 0.700. The number of likely N-dealkylation sites (N-methyl/N-ethyl adjacent to an activating group) is 1. The number of nitrogens with zero attached hydrogens (tertiary/aromatic N) is 2. The Labute approximate surface area is 121 Å². The molecule has 5 N–H and O–H groups in total. The summed E-state index contributed by atoms with van der Waals surface area (Å²) in [5.74, 6) is 0. The molecule has 6 atom stereocenters. The van der Waals surface area contributed by atoms with Gasteiger partial charge in [0.1, 0.15) is 31.1 Å². The zero-order chi connectivity index (χ0) is 15.7. The highest BCUT2D eigenvalue weighted by atomic mass is 31.1. The van der Waals surface area contributed by atoms with Crippen LogP contribution in [0.25, 0.3) is 0 Å². The molecule has 10 nitrogen and oxygen atoms in total. The molecule has 0 aromatic rings. The van der Waals surface area contributed by atoms with Crippen molar-refractivity contribution in [3.63, 3.8) is 0 Å². The maximum Gasteiger partial charge on any atom is 0.694 e. The summed E-state index contributed by atoms with van der Waals surface area (Å²) in [5.41, 5.74) is 5.66. The molecule has 6 unspecified atom stereocenters. The fourth-order valence-electron chi connectivity index (χ4n) is 2.11. The number of carbonyl (C=O) groups excluding carboxylic acids is 1. The van der Waals surface area contributed by atoms with Crippen molar-refractivity contribution < 1.29 is 33.7 Å². The molecule has 0 aliphatic carbocycles. The van der Waals surface area contributed by atoms with Crippen LogP contribution >= 0.6 is 8.25 Å². The second-order valence-electron chi connectivity index (χ2n) is 4.71. The van der Waals surface area contributed by atoms with Crippen LogP contribution in [0.3, 0.4) is 0 Å². The van der Waals surface area contributed by atoms with Crippen LogP contribution in [0.1, 0.15) is 0 Å². The van der Waals surface area contributed by atoms with Crippen molar-refractivity contribution in [2.75, 3.05) is 13.7 Å². The predicted octanol–water partition coefficient (Wildman–Crippen LogP) is -1.73. The number of urea groups is 1. The first-order chi connectivity index (χ1) is 9.82. The van der Waals surface area contributed by atoms with E-state index in [9.17, 15) is 19.6 Å². The molecule has 0 radical (unpaired) electrons. The fourth-order valence-corrected chi connectivity index (χ4v) is 2.39. The van der Waals surface area contributed by atoms with Crippen LogP contribution in [-0.2, 0) is 13.8 Å². The minimum atomic E-state index is -2.84. The average molecular weight is 322 g/mol. The smallest absolute Gasteiger partial charge is 0.387 e. The van der Waals surface area contributed by atoms with Crippen LogP contribution in [0, 0.1) is 0 Å². The summed E-state index contributed by atoms with van der Waals surface area (Å²) >= 11 is 0. The first-order valence-electron chi connectivity index (χ1n) is 6.12. The summed E-state index contributed by atoms with van der Waals surface area (Å²) in [6.07, 6.45) is -2.60. The first kappa shape index (κ1) is 16.2. The molecule has 0 aromatic heterocycles. The lowest BCUT2D eigenvalue weighted by atomic mass is 10.1. The van der Waals surface area contributed by atoms with Gasteiger partial charge in [0.15, 0.2) is 6.23 Å². The summed E-state index contributed by atoms with van der Waals surface area (Å²) < 4.78 is 20.3. The van der Waals surface area contributed by atoms with Gasteiger partial charge in [-0.15, -0.1) is 9.42 Å². The molecule has 21 heavy (non-hydrogen) atoms. The van der Waals surface area contributed by atoms with Crippen LogP contribution in [-0.4, -0.2) is 75.3 Å². The van der Waals surface area contributed by atoms with E-state index in [1.54, 1.807) is 0 Å². The molecule has 11 heteroatoms. The van der Waals surface area contributed by atoms with Crippen LogP contribution in [0.4, 0.5) is 4.79 Å². The molecule has 2 aliphatic rings. The maximum atomic E-state index is 12.1. The Bertz CT molecular complexity index is 462. The third kappa shape index (κ3) is 3.22. The quantitative estimate of drug-likeness (QED) is 0.446. The molecule has 0 spiro atoms. The monoisotopic (exact) mass is 322 g/mol. The molecule has 1 saturated heterocycles. The summed E-state index contributed by atoms with van der Waals surface area (Å²) in [6.45, 7) is -0.387. The second-order valence-corrected chi connectivity index (χ2v) is 5.45. The standard InChI is InChI=1S/C10H16N3O7P/c1-12-6(11)2-3-13(10(12)16)9-8(15)7(14)5(20-9)4-19-21(17)18/h2-3,5-9,14-15H,4,11H2,1H3/p+1. The highest BCUT2D eigenvalue weighted by molar-refractivity contribution is 7.32. The van der Waals surface area contributed by atoms with Crippen molar-refractivity contribution in [2.45, 2.75) is 30.7 Å². The zero-order valence-corrected chi connectivity index (χ0v) is 12.0. The van der Waals surface area contributed by atoms with Crippen LogP contribution in [0.2, 0.25) is 0 Å². The van der Waals surface area contributed by atoms with Crippen molar-refractivity contribution in [1.29, 1.82) is 0 Å². The van der Waals surface area contributed by atoms with Crippen LogP contribution < -0.4 is 5.73 Å². The molecule has 1 fully saturated rings. The normalized spacial score (nSPS) is 37.3. The minimum absolute atomic E-state index is 0.387. The molecule has 2 amide bonds. The number of hydrogen-bond donors (Lipinski definition) is 4. The molecule has 2 rings (SSSR count). The first-order valence-corrected chi connectivity index (χ1v) is 7.25. The third-order valence-corrected chi connectivity index (χ3v) is 3.74. The van der Waals surface area contributed by atoms with Gasteiger partial charge in [-0.05, 0) is 6.08 Å². The maximum absolute atomic E-state index is 12.1. The van der Waals surface area contributed by atoms with E-state index in [1.807, 2.05) is 0 Å². The van der Waals surface area contributed by atoms with E-state index in [4.69, 9.17) is 15.4 Å². The Morgan fingerprint density at radius 2 is 2.14 bits per heavy atom. The van der Waals surface area contributed by atoms with Crippen LogP contribution in [0.15, 0.2) is 12.3 Å². The Hall–Kier alpha value is -1.13. The third-order valence-electron chi connectivity index (χ3n) is 3.37. The molecular weight excluding hydrogens is 305 g/mol. The van der Waals surface area contributed by atoms with Crippen molar-refractivity contribution in [3.8, 4) is 0 Å². The van der Waals surface area contributed by atoms with Crippen LogP contribution in [0.5, 0.6) is 0 Å². The van der Waals surface area contributed by atoms with Gasteiger partial charge in [-0.25, -0.2) is 4.79 Å². The summed E-state index contributed by atoms with van der Waals surface area (Å²) in [7, 11) is -1.36. The minimum Gasteiger partial charge on any atom is -0.387 e. The van der Waals surface area contributed by atoms with E-state index in [2.05, 4.69) is 4.52 Å². The molecule has 0 aromatic carbocycles. The van der Waals surface area contributed by atoms with Gasteiger partial charge < -0.3 is 25.6 Å². The number of carbonyl (C=O) groups is 1. The molecule has 2 aliphatic heterocycles. The number of aliphatic hydroxyl groups is 2. The van der Waals surface area contributed by atoms with Gasteiger partial charge in [0.05, 0.1) is 0 Å². The number of nitrogens with two attached hydrogens (primary N) is 1. The number of aliphatic hydroxyl groups excluding tert-OH is 2. The van der Waals surface area contributed by atoms with Gasteiger partial charge in [0.2, 0.25) is 0 Å². The van der Waals surface area contributed by atoms with Gasteiger partial charge in [-0.2, -0.15) is 0 Å². The lowest BCUT2D eigenvalue weighted by Crippen LogP contribution is -2.55. The lowest BCUT2D eigenvalue weighted by Gasteiger charge is -2.36. The highest BCUT2D eigenvalue weighted by Gasteiger charge is 2.48. The van der Waals surface area contributed by atoms with Crippen molar-refractivity contribution >= 4 is 14.3 Å². The van der Waals surface area contributed by atoms with E-state index in [0.717, 1.165) is 4.90 Å². The number of rotatable bonds is 4. The molecule has 2 heterocycles.